The molecule has 0 aromatic heterocycles. The molecule has 0 saturated carbocycles. The number of ether oxygens (including phenoxy) is 1. The molecule has 0 bridgehead atoms. The first-order valence-corrected chi connectivity index (χ1v) is 18.0. The van der Waals surface area contributed by atoms with Crippen LogP contribution in [-0.4, -0.2) is 55.0 Å². The lowest BCUT2D eigenvalue weighted by Crippen LogP contribution is -2.42. The van der Waals surface area contributed by atoms with E-state index >= 15 is 0 Å². The lowest BCUT2D eigenvalue weighted by molar-refractivity contribution is -0.139. The van der Waals surface area contributed by atoms with Crippen molar-refractivity contribution in [2.24, 2.45) is 0 Å². The number of amides is 1. The quantitative estimate of drug-likeness (QED) is 0.221. The fourth-order valence-corrected chi connectivity index (χ4v) is 6.82. The average molecular weight is 624 g/mol. The Labute approximate surface area is 259 Å². The smallest absolute Gasteiger partial charge is 0.326 e. The molecule has 1 aliphatic rings. The molecule has 0 aliphatic heterocycles. The fraction of sp³-hybridized carbons (Fsp3) is 0.412. The van der Waals surface area contributed by atoms with Crippen LogP contribution in [0.5, 0.6) is 0 Å². The second kappa shape index (κ2) is 15.0. The molecule has 0 saturated heterocycles. The second-order valence-corrected chi connectivity index (χ2v) is 14.8. The lowest BCUT2D eigenvalue weighted by Gasteiger charge is -2.22. The monoisotopic (exact) mass is 623 g/mol. The van der Waals surface area contributed by atoms with E-state index in [2.05, 4.69) is 30.4 Å². The molecule has 3 aromatic rings. The SMILES string of the molecule is CCSC[C@@H](OCc1ccc(C(=O)N[C@@H](CCS(C)(=O)=O)C(=O)O)c(-c2ccccc2C)c1)c1ccc2c(c1)CCCC2. The molecule has 3 aromatic carbocycles. The number of hydrogen-bond acceptors (Lipinski definition) is 6. The van der Waals surface area contributed by atoms with Gasteiger partial charge in [0, 0.05) is 17.6 Å². The summed E-state index contributed by atoms with van der Waals surface area (Å²) in [5.74, 6) is -0.360. The number of aliphatic carboxylic acids is 1. The minimum absolute atomic E-state index is 0.0757. The third-order valence-electron chi connectivity index (χ3n) is 7.81. The van der Waals surface area contributed by atoms with Gasteiger partial charge >= 0.3 is 5.97 Å². The first-order chi connectivity index (χ1) is 20.6. The molecule has 0 heterocycles. The number of sulfone groups is 1. The highest BCUT2D eigenvalue weighted by Crippen LogP contribution is 2.31. The number of carboxylic acid groups (broad SMARTS) is 1. The fourth-order valence-electron chi connectivity index (χ4n) is 5.42. The summed E-state index contributed by atoms with van der Waals surface area (Å²) in [6.45, 7) is 4.45. The van der Waals surface area contributed by atoms with Crippen molar-refractivity contribution < 1.29 is 27.9 Å². The summed E-state index contributed by atoms with van der Waals surface area (Å²) in [4.78, 5) is 25.3. The molecule has 2 atom stereocenters. The normalized spacial score (nSPS) is 14.5. The van der Waals surface area contributed by atoms with Gasteiger partial charge in [-0.1, -0.05) is 55.5 Å². The molecule has 0 fully saturated rings. The molecule has 2 N–H and O–H groups in total. The molecule has 43 heavy (non-hydrogen) atoms. The van der Waals surface area contributed by atoms with Gasteiger partial charge in [0.2, 0.25) is 0 Å². The summed E-state index contributed by atoms with van der Waals surface area (Å²) >= 11 is 1.84. The molecule has 1 aliphatic carbocycles. The number of carboxylic acids is 1. The highest BCUT2D eigenvalue weighted by molar-refractivity contribution is 7.99. The maximum Gasteiger partial charge on any atom is 0.326 e. The topological polar surface area (TPSA) is 110 Å². The number of hydrogen-bond donors (Lipinski definition) is 2. The van der Waals surface area contributed by atoms with E-state index in [1.807, 2.05) is 55.1 Å². The molecule has 0 radical (unpaired) electrons. The van der Waals surface area contributed by atoms with E-state index in [9.17, 15) is 23.1 Å². The van der Waals surface area contributed by atoms with Gasteiger partial charge in [-0.15, -0.1) is 0 Å². The standard InChI is InChI=1S/C34H41NO6S2/c1-4-42-22-32(27-15-14-25-10-6-7-11-26(25)20-27)41-21-24-13-16-29(30(19-24)28-12-8-5-9-23(28)2)33(36)35-31(34(37)38)17-18-43(3,39)40/h5,8-9,12-16,19-20,31-32H,4,6-7,10-11,17-18,21-22H2,1-3H3,(H,35,36)(H,37,38)/t31-,32+/m0/s1. The molecule has 9 heteroatoms. The molecule has 4 rings (SSSR count). The Hall–Kier alpha value is -3.14. The van der Waals surface area contributed by atoms with Gasteiger partial charge in [0.15, 0.2) is 0 Å². The minimum Gasteiger partial charge on any atom is -0.480 e. The van der Waals surface area contributed by atoms with Crippen LogP contribution < -0.4 is 5.32 Å². The number of rotatable bonds is 14. The van der Waals surface area contributed by atoms with Crippen molar-refractivity contribution in [2.45, 2.75) is 64.7 Å². The van der Waals surface area contributed by atoms with E-state index in [0.717, 1.165) is 47.3 Å². The van der Waals surface area contributed by atoms with Gasteiger partial charge in [-0.05, 0) is 95.9 Å². The van der Waals surface area contributed by atoms with Crippen LogP contribution in [0.4, 0.5) is 0 Å². The van der Waals surface area contributed by atoms with Gasteiger partial charge in [-0.2, -0.15) is 11.8 Å². The number of thioether (sulfide) groups is 1. The van der Waals surface area contributed by atoms with Crippen molar-refractivity contribution in [1.82, 2.24) is 5.32 Å². The molecular formula is C34H41NO6S2. The zero-order valence-electron chi connectivity index (χ0n) is 25.1. The molecule has 0 unspecified atom stereocenters. The van der Waals surface area contributed by atoms with Crippen molar-refractivity contribution in [3.8, 4) is 11.1 Å². The van der Waals surface area contributed by atoms with Crippen LogP contribution in [0.3, 0.4) is 0 Å². The van der Waals surface area contributed by atoms with Gasteiger partial charge in [0.25, 0.3) is 5.91 Å². The molecule has 0 spiro atoms. The highest BCUT2D eigenvalue weighted by Gasteiger charge is 2.25. The van der Waals surface area contributed by atoms with Crippen LogP contribution in [0.1, 0.15) is 70.5 Å². The summed E-state index contributed by atoms with van der Waals surface area (Å²) in [6, 6.07) is 18.6. The zero-order chi connectivity index (χ0) is 31.0. The summed E-state index contributed by atoms with van der Waals surface area (Å²) < 4.78 is 29.8. The average Bonchev–Trinajstić information content (AvgIpc) is 2.98. The number of carbonyl (C=O) groups excluding carboxylic acids is 1. The van der Waals surface area contributed by atoms with Crippen LogP contribution in [0, 0.1) is 6.92 Å². The van der Waals surface area contributed by atoms with Gasteiger partial charge in [0.05, 0.1) is 18.5 Å². The maximum absolute atomic E-state index is 13.4. The second-order valence-electron chi connectivity index (χ2n) is 11.2. The Morgan fingerprint density at radius 1 is 1.00 bits per heavy atom. The highest BCUT2D eigenvalue weighted by atomic mass is 32.2. The zero-order valence-corrected chi connectivity index (χ0v) is 26.7. The summed E-state index contributed by atoms with van der Waals surface area (Å²) in [7, 11) is -3.39. The van der Waals surface area contributed by atoms with Crippen molar-refractivity contribution in [1.29, 1.82) is 0 Å². The van der Waals surface area contributed by atoms with Gasteiger partial charge in [-0.25, -0.2) is 13.2 Å². The van der Waals surface area contributed by atoms with Crippen LogP contribution in [-0.2, 0) is 38.8 Å². The number of fused-ring (bicyclic) bond motifs is 1. The predicted octanol–water partition coefficient (Wildman–Crippen LogP) is 6.17. The first-order valence-electron chi connectivity index (χ1n) is 14.8. The Balaban J connectivity index is 1.60. The third-order valence-corrected chi connectivity index (χ3v) is 9.74. The molecule has 230 valence electrons. The molecular weight excluding hydrogens is 583 g/mol. The van der Waals surface area contributed by atoms with Crippen LogP contribution in [0.2, 0.25) is 0 Å². The summed E-state index contributed by atoms with van der Waals surface area (Å²) in [5.41, 5.74) is 7.74. The van der Waals surface area contributed by atoms with E-state index in [1.165, 1.54) is 29.5 Å². The van der Waals surface area contributed by atoms with E-state index in [0.29, 0.717) is 17.7 Å². The van der Waals surface area contributed by atoms with Crippen LogP contribution >= 0.6 is 11.8 Å². The maximum atomic E-state index is 13.4. The number of carbonyl (C=O) groups is 2. The molecule has 7 nitrogen and oxygen atoms in total. The van der Waals surface area contributed by atoms with E-state index < -0.39 is 27.8 Å². The summed E-state index contributed by atoms with van der Waals surface area (Å²) in [5, 5.41) is 12.2. The van der Waals surface area contributed by atoms with Gasteiger partial charge < -0.3 is 15.2 Å². The van der Waals surface area contributed by atoms with Crippen molar-refractivity contribution in [3.63, 3.8) is 0 Å². The predicted molar refractivity (Wildman–Crippen MR) is 173 cm³/mol. The third kappa shape index (κ3) is 9.17. The lowest BCUT2D eigenvalue weighted by atomic mass is 9.89. The Morgan fingerprint density at radius 2 is 1.74 bits per heavy atom. The van der Waals surface area contributed by atoms with Crippen molar-refractivity contribution in [2.75, 3.05) is 23.5 Å². The van der Waals surface area contributed by atoms with Crippen molar-refractivity contribution in [3.05, 3.63) is 94.0 Å². The largest absolute Gasteiger partial charge is 0.480 e. The Bertz CT molecular complexity index is 1550. The number of benzene rings is 3. The van der Waals surface area contributed by atoms with Gasteiger partial charge in [-0.3, -0.25) is 4.79 Å². The van der Waals surface area contributed by atoms with Crippen LogP contribution in [0.15, 0.2) is 60.7 Å². The Kier molecular flexibility index (Phi) is 11.5. The van der Waals surface area contributed by atoms with Crippen molar-refractivity contribution >= 4 is 33.5 Å². The number of aryl methyl sites for hydroxylation is 3. The number of nitrogens with one attached hydrogen (secondary N) is 1. The summed E-state index contributed by atoms with van der Waals surface area (Å²) in [6.07, 6.45) is 5.46. The minimum atomic E-state index is -3.39. The van der Waals surface area contributed by atoms with Gasteiger partial charge in [0.1, 0.15) is 15.9 Å². The Morgan fingerprint density at radius 3 is 2.44 bits per heavy atom. The van der Waals surface area contributed by atoms with E-state index in [1.54, 1.807) is 6.07 Å². The van der Waals surface area contributed by atoms with E-state index in [4.69, 9.17) is 4.74 Å². The van der Waals surface area contributed by atoms with Crippen LogP contribution in [0.25, 0.3) is 11.1 Å². The molecule has 1 amide bonds. The first kappa shape index (κ1) is 32.8. The van der Waals surface area contributed by atoms with E-state index in [-0.39, 0.29) is 18.3 Å².